The number of benzene rings is 3. The van der Waals surface area contributed by atoms with Gasteiger partial charge in [0.1, 0.15) is 0 Å². The maximum Gasteiger partial charge on any atom is 0 e. The van der Waals surface area contributed by atoms with Crippen LogP contribution >= 0.6 is 40.0 Å². The van der Waals surface area contributed by atoms with Crippen LogP contribution in [0.1, 0.15) is 59.7 Å². The molecule has 3 rings (SSSR count). The van der Waals surface area contributed by atoms with Gasteiger partial charge in [-0.1, -0.05) is 42.5 Å². The molecule has 0 aromatic heterocycles. The first-order chi connectivity index (χ1) is 23.9. The molecule has 0 saturated carbocycles. The number of nitrogens with two attached hydrogens (primary N) is 1. The summed E-state index contributed by atoms with van der Waals surface area (Å²) in [5.41, 5.74) is 5.96. The second-order valence-corrected chi connectivity index (χ2v) is 15.2. The average molecular weight is 1070 g/mol. The molecule has 21 heteroatoms. The van der Waals surface area contributed by atoms with Crippen LogP contribution in [0.5, 0.6) is 0 Å². The maximum atomic E-state index is 11.4. The van der Waals surface area contributed by atoms with Gasteiger partial charge in [0.25, 0.3) is 18.1 Å². The fourth-order valence-electron chi connectivity index (χ4n) is 2.77. The van der Waals surface area contributed by atoms with E-state index in [0.29, 0.717) is 29.9 Å². The number of carbonyl (C=O) groups is 2. The SMILES string of the molecule is C.C.CC.CCC(=O)Nc1ccc(S(=O)(=O)Cl)cc1.CCC(=O)Nc1ccc(S(=O)(=O)NC)cc1.CN.O=C=Nc1ccc(S(=O)(=O)Cl)cc1.[2H][I-]I.[3HH].[3HH].[3HH]. The third-order valence-corrected chi connectivity index (χ3v) is 9.24. The zero-order valence-electron chi connectivity index (χ0n) is 28.8. The molecule has 0 spiro atoms. The Hall–Kier alpha value is -2.21. The first-order valence-corrected chi connectivity index (χ1v) is 26.4. The summed E-state index contributed by atoms with van der Waals surface area (Å²) in [7, 11) is 2.22. The summed E-state index contributed by atoms with van der Waals surface area (Å²) in [5.74, 6) is -0.235. The molecule has 0 atom stereocenters. The number of carbonyl (C=O) groups excluding carboxylic acids is 3. The first kappa shape index (κ1) is 56.5. The van der Waals surface area contributed by atoms with Crippen molar-refractivity contribution in [2.45, 2.75) is 70.1 Å². The summed E-state index contributed by atoms with van der Waals surface area (Å²) in [5, 5.41) is 5.23. The molecule has 3 aromatic carbocycles. The predicted molar refractivity (Wildman–Crippen MR) is 224 cm³/mol. The van der Waals surface area contributed by atoms with Gasteiger partial charge in [0, 0.05) is 49.9 Å². The van der Waals surface area contributed by atoms with E-state index in [1.54, 1.807) is 26.0 Å². The van der Waals surface area contributed by atoms with Gasteiger partial charge in [-0.25, -0.2) is 34.8 Å². The summed E-state index contributed by atoms with van der Waals surface area (Å²) in [6.07, 6.45) is 2.09. The molecule has 0 aliphatic rings. The Kier molecular flexibility index (Phi) is 35.0. The molecule has 0 fully saturated rings. The van der Waals surface area contributed by atoms with Crippen molar-refractivity contribution in [2.75, 3.05) is 24.7 Å². The van der Waals surface area contributed by atoms with Crippen molar-refractivity contribution in [3.8, 4) is 0 Å². The van der Waals surface area contributed by atoms with Crippen LogP contribution in [0.25, 0.3) is 0 Å². The molecule has 0 aliphatic carbocycles. The molecule has 52 heavy (non-hydrogen) atoms. The van der Waals surface area contributed by atoms with Crippen LogP contribution in [-0.2, 0) is 42.5 Å². The van der Waals surface area contributed by atoms with E-state index in [0.717, 1.165) is 0 Å². The van der Waals surface area contributed by atoms with E-state index in [2.05, 4.69) is 44.7 Å². The molecule has 0 saturated heterocycles. The molecule has 2 amide bonds. The minimum absolute atomic E-state index is 0. The van der Waals surface area contributed by atoms with Crippen LogP contribution in [0.3, 0.4) is 0 Å². The summed E-state index contributed by atoms with van der Waals surface area (Å²) >= 11 is 1.88. The van der Waals surface area contributed by atoms with Gasteiger partial charge in [-0.3, -0.25) is 9.59 Å². The van der Waals surface area contributed by atoms with E-state index in [-0.39, 0.29) is 64.1 Å². The standard InChI is InChI=1S/C10H14N2O3S.C9H10ClNO3S.C7H4ClNO3S.C2H6.CH5N.2CH4.HI2.3H2/c1-3-10(13)12-8-4-6-9(7-5-8)16(14,15)11-2;1-2-9(12)11-7-3-5-8(6-4-7)15(10,13)14;8-13(11,12)7-3-1-6(2-4-7)9-5-10;2*1-2;;;1-2;;;/h4-7,11H,3H2,1-2H3,(H,12,13);3-6H,2H2,1H3,(H,11,12);1-4H;1-2H3;2H2,1H3;2*1H4;1H;3*1H/q;;;;;;;-1;;;/i;;;;;;;1D;3*1+2. The van der Waals surface area contributed by atoms with Gasteiger partial charge in [0.15, 0.2) is 0 Å². The summed E-state index contributed by atoms with van der Waals surface area (Å²) < 4.78 is 74.6. The number of isocyanates is 1. The number of rotatable bonds is 9. The van der Waals surface area contributed by atoms with Gasteiger partial charge >= 0.3 is 37.6 Å². The largest absolute Gasteiger partial charge is 0 e. The van der Waals surface area contributed by atoms with Crippen molar-refractivity contribution in [2.24, 2.45) is 10.7 Å². The van der Waals surface area contributed by atoms with E-state index >= 15 is 0 Å². The zero-order chi connectivity index (χ0) is 40.3. The molecule has 14 nitrogen and oxygen atoms in total. The predicted octanol–water partition coefficient (Wildman–Crippen LogP) is 4.72. The van der Waals surface area contributed by atoms with E-state index in [1.807, 2.05) is 13.8 Å². The minimum atomic E-state index is -3.70. The van der Waals surface area contributed by atoms with Crippen molar-refractivity contribution in [1.82, 2.24) is 4.72 Å². The number of anilines is 2. The Balaban J connectivity index is -0.0000000914. The van der Waals surface area contributed by atoms with Crippen LogP contribution < -0.4 is 39.5 Å². The second-order valence-electron chi connectivity index (χ2n) is 8.13. The minimum Gasteiger partial charge on any atom is 0 e. The number of hydrogen-bond donors (Lipinski definition) is 4. The maximum absolute atomic E-state index is 11.4. The Bertz CT molecular complexity index is 1850. The number of hydrogen-bond acceptors (Lipinski definition) is 11. The molecule has 5 N–H and O–H groups in total. The topological polar surface area (TPSA) is 228 Å². The summed E-state index contributed by atoms with van der Waals surface area (Å²) in [4.78, 5) is 35.3. The number of nitrogens with zero attached hydrogens (tertiary/aromatic N) is 1. The number of nitrogens with one attached hydrogen (secondary N) is 3. The number of amides is 2. The van der Waals surface area contributed by atoms with Crippen molar-refractivity contribution in [3.05, 3.63) is 72.8 Å². The monoisotopic (exact) mass is 1070 g/mol. The second kappa shape index (κ2) is 32.2. The quantitative estimate of drug-likeness (QED) is 0.0998. The summed E-state index contributed by atoms with van der Waals surface area (Å²) in [6, 6.07) is 16.9. The van der Waals surface area contributed by atoms with Crippen molar-refractivity contribution < 1.29 is 62.3 Å². The molecule has 0 bridgehead atoms. The van der Waals surface area contributed by atoms with E-state index in [1.165, 1.54) is 80.8 Å². The number of sulfonamides is 1. The zero-order valence-corrected chi connectivity index (χ0v) is 36.1. The van der Waals surface area contributed by atoms with Crippen molar-refractivity contribution in [3.63, 3.8) is 0 Å². The normalized spacial score (nSPS) is 9.92. The van der Waals surface area contributed by atoms with Crippen LogP contribution in [-0.4, -0.2) is 57.8 Å². The summed E-state index contributed by atoms with van der Waals surface area (Å²) in [6.45, 7) is 7.47. The molecule has 3 aromatic rings. The van der Waals surface area contributed by atoms with Gasteiger partial charge in [-0.2, -0.15) is 4.99 Å². The number of halogens is 4. The molecule has 0 unspecified atom stereocenters. The molecule has 0 heterocycles. The Labute approximate surface area is 346 Å². The fourth-order valence-corrected chi connectivity index (χ4v) is 5.04. The Morgan fingerprint density at radius 1 is 0.769 bits per heavy atom. The van der Waals surface area contributed by atoms with Crippen molar-refractivity contribution in [1.29, 1.82) is 0.594 Å². The van der Waals surface area contributed by atoms with Crippen LogP contribution in [0.2, 0.25) is 0 Å². The van der Waals surface area contributed by atoms with Gasteiger partial charge in [0.05, 0.1) is 20.4 Å². The molecule has 304 valence electrons. The van der Waals surface area contributed by atoms with E-state index in [4.69, 9.17) is 22.0 Å². The van der Waals surface area contributed by atoms with Gasteiger partial charge in [-0.15, -0.1) is 0 Å². The smallest absolute Gasteiger partial charge is 0 e. The van der Waals surface area contributed by atoms with E-state index in [9.17, 15) is 39.6 Å². The first-order valence-electron chi connectivity index (χ1n) is 14.4. The van der Waals surface area contributed by atoms with Gasteiger partial charge < -0.3 is 16.4 Å². The molecular formula is C31H54Cl2I2N5O9S3-. The van der Waals surface area contributed by atoms with Crippen LogP contribution in [0.15, 0.2) is 92.5 Å². The van der Waals surface area contributed by atoms with Gasteiger partial charge in [-0.05, 0) is 86.9 Å². The Morgan fingerprint density at radius 3 is 1.31 bits per heavy atom. The van der Waals surface area contributed by atoms with Gasteiger partial charge in [0.2, 0.25) is 27.9 Å². The third kappa shape index (κ3) is 25.7. The average Bonchev–Trinajstić information content (AvgIpc) is 3.11. The van der Waals surface area contributed by atoms with Crippen LogP contribution in [0, 0.1) is 0 Å². The van der Waals surface area contributed by atoms with Crippen LogP contribution in [0.4, 0.5) is 17.1 Å². The molecule has 0 aliphatic heterocycles. The molecule has 0 radical (unpaired) electrons. The van der Waals surface area contributed by atoms with Crippen molar-refractivity contribution >= 4 is 103 Å². The van der Waals surface area contributed by atoms with E-state index < -0.39 is 28.1 Å². The number of aliphatic imine (C=N–C) groups is 1. The third-order valence-electron chi connectivity index (χ3n) is 5.07. The fraction of sp³-hybridized carbons (Fsp3) is 0.323. The Morgan fingerprint density at radius 2 is 1.06 bits per heavy atom. The molecular weight excluding hydrogens is 1010 g/mol.